The van der Waals surface area contributed by atoms with E-state index in [1.54, 1.807) is 19.2 Å². The maximum absolute atomic E-state index is 16.4. The van der Waals surface area contributed by atoms with Gasteiger partial charge in [-0.05, 0) is 67.9 Å². The van der Waals surface area contributed by atoms with E-state index >= 15 is 4.39 Å². The van der Waals surface area contributed by atoms with E-state index in [1.165, 1.54) is 19.2 Å². The van der Waals surface area contributed by atoms with Crippen molar-refractivity contribution in [3.05, 3.63) is 58.7 Å². The van der Waals surface area contributed by atoms with Gasteiger partial charge in [0.25, 0.3) is 0 Å². The molecule has 5 rings (SSSR count). The number of halogens is 4. The van der Waals surface area contributed by atoms with Gasteiger partial charge in [-0.1, -0.05) is 24.6 Å². The van der Waals surface area contributed by atoms with Crippen LogP contribution in [0, 0.1) is 5.92 Å². The number of alkyl halides is 4. The van der Waals surface area contributed by atoms with Gasteiger partial charge in [0.2, 0.25) is 0 Å². The Morgan fingerprint density at radius 3 is 2.33 bits per heavy atom. The lowest BCUT2D eigenvalue weighted by atomic mass is 9.72. The second kappa shape index (κ2) is 9.36. The van der Waals surface area contributed by atoms with E-state index in [0.29, 0.717) is 48.4 Å². The number of ketones is 1. The molecule has 3 atom stereocenters. The zero-order chi connectivity index (χ0) is 25.7. The molecule has 3 unspecified atom stereocenters. The first-order valence-corrected chi connectivity index (χ1v) is 12.5. The first-order valence-electron chi connectivity index (χ1n) is 12.5. The van der Waals surface area contributed by atoms with Crippen LogP contribution in [0.25, 0.3) is 0 Å². The number of methoxy groups -OCH3 is 2. The molecule has 2 heterocycles. The van der Waals surface area contributed by atoms with Crippen molar-refractivity contribution in [1.29, 1.82) is 0 Å². The summed E-state index contributed by atoms with van der Waals surface area (Å²) in [5, 5.41) is 0. The number of carbonyl (C=O) groups excluding carboxylic acids is 1. The number of hydrogen-bond acceptors (Lipinski definition) is 4. The van der Waals surface area contributed by atoms with E-state index in [-0.39, 0.29) is 24.3 Å². The smallest absolute Gasteiger partial charge is 0.416 e. The zero-order valence-electron chi connectivity index (χ0n) is 20.5. The third-order valence-electron chi connectivity index (χ3n) is 8.16. The minimum atomic E-state index is -4.39. The number of piperidine rings is 2. The lowest BCUT2D eigenvalue weighted by molar-refractivity contribution is -0.137. The van der Waals surface area contributed by atoms with E-state index in [0.717, 1.165) is 30.9 Å². The second-order valence-corrected chi connectivity index (χ2v) is 10.5. The molecule has 0 aromatic heterocycles. The zero-order valence-corrected chi connectivity index (χ0v) is 20.5. The van der Waals surface area contributed by atoms with E-state index < -0.39 is 23.3 Å². The lowest BCUT2D eigenvalue weighted by Gasteiger charge is -2.51. The molecule has 3 aliphatic rings. The summed E-state index contributed by atoms with van der Waals surface area (Å²) >= 11 is 0. The van der Waals surface area contributed by atoms with Gasteiger partial charge < -0.3 is 9.47 Å². The highest BCUT2D eigenvalue weighted by Gasteiger charge is 2.49. The number of ether oxygens (including phenoxy) is 2. The van der Waals surface area contributed by atoms with Crippen molar-refractivity contribution in [2.75, 3.05) is 14.2 Å². The number of nitrogens with zero attached hydrogens (tertiary/aromatic N) is 1. The molecule has 2 bridgehead atoms. The van der Waals surface area contributed by atoms with E-state index in [1.807, 2.05) is 6.07 Å². The first-order chi connectivity index (χ1) is 17.1. The van der Waals surface area contributed by atoms with E-state index in [4.69, 9.17) is 9.47 Å². The Hall–Kier alpha value is -2.61. The number of Topliss-reactive ketones (excluding diaryl/α,β-unsaturated/α-hetero) is 1. The normalized spacial score (nSPS) is 28.2. The van der Waals surface area contributed by atoms with Crippen LogP contribution in [0.1, 0.15) is 65.6 Å². The predicted octanol–water partition coefficient (Wildman–Crippen LogP) is 6.39. The maximum Gasteiger partial charge on any atom is 0.416 e. The Morgan fingerprint density at radius 1 is 1.03 bits per heavy atom. The Bertz CT molecular complexity index is 1130. The lowest BCUT2D eigenvalue weighted by Crippen LogP contribution is -2.56. The number of hydrogen-bond donors (Lipinski definition) is 0. The molecule has 1 aliphatic carbocycles. The van der Waals surface area contributed by atoms with E-state index in [2.05, 4.69) is 4.90 Å². The largest absolute Gasteiger partial charge is 0.493 e. The molecule has 8 heteroatoms. The summed E-state index contributed by atoms with van der Waals surface area (Å²) in [5.41, 5.74) is -0.111. The van der Waals surface area contributed by atoms with Gasteiger partial charge in [-0.3, -0.25) is 9.69 Å². The molecule has 0 saturated carbocycles. The molecule has 0 radical (unpaired) electrons. The highest BCUT2D eigenvalue weighted by atomic mass is 19.4. The molecular formula is C28H31F4NO3. The SMILES string of the molecule is COc1cc2c(cc1OC)C(=O)C(CC1(F)CC3CCCC(C1)N3Cc1cccc(C(F)(F)F)c1)C2. The van der Waals surface area contributed by atoms with Crippen molar-refractivity contribution in [2.24, 2.45) is 5.92 Å². The van der Waals surface area contributed by atoms with Crippen molar-refractivity contribution in [2.45, 2.75) is 75.4 Å². The third-order valence-corrected chi connectivity index (χ3v) is 8.16. The molecule has 2 aliphatic heterocycles. The van der Waals surface area contributed by atoms with Crippen LogP contribution in [-0.4, -0.2) is 42.7 Å². The van der Waals surface area contributed by atoms with Crippen molar-refractivity contribution in [1.82, 2.24) is 4.90 Å². The topological polar surface area (TPSA) is 38.8 Å². The van der Waals surface area contributed by atoms with Crippen LogP contribution in [0.2, 0.25) is 0 Å². The third kappa shape index (κ3) is 4.72. The molecule has 194 valence electrons. The molecule has 36 heavy (non-hydrogen) atoms. The summed E-state index contributed by atoms with van der Waals surface area (Å²) in [7, 11) is 3.06. The van der Waals surface area contributed by atoms with Crippen molar-refractivity contribution in [3.8, 4) is 11.5 Å². The van der Waals surface area contributed by atoms with Crippen molar-refractivity contribution < 1.29 is 31.8 Å². The molecule has 2 aromatic rings. The summed E-state index contributed by atoms with van der Waals surface area (Å²) in [6, 6.07) is 8.83. The monoisotopic (exact) mass is 505 g/mol. The Labute approximate surface area is 208 Å². The number of benzene rings is 2. The van der Waals surface area contributed by atoms with Gasteiger partial charge in [0.1, 0.15) is 5.67 Å². The molecule has 0 N–H and O–H groups in total. The van der Waals surface area contributed by atoms with Crippen LogP contribution in [0.4, 0.5) is 17.6 Å². The minimum absolute atomic E-state index is 0.0453. The number of fused-ring (bicyclic) bond motifs is 3. The molecule has 2 saturated heterocycles. The summed E-state index contributed by atoms with van der Waals surface area (Å²) < 4.78 is 66.6. The van der Waals surface area contributed by atoms with Gasteiger partial charge in [0, 0.05) is 30.1 Å². The molecule has 2 aromatic carbocycles. The van der Waals surface area contributed by atoms with Crippen molar-refractivity contribution >= 4 is 5.78 Å². The Balaban J connectivity index is 1.30. The molecule has 0 spiro atoms. The fourth-order valence-electron chi connectivity index (χ4n) is 6.57. The first kappa shape index (κ1) is 25.1. The average Bonchev–Trinajstić information content (AvgIpc) is 3.12. The molecule has 4 nitrogen and oxygen atoms in total. The van der Waals surface area contributed by atoms with Crippen LogP contribution >= 0.6 is 0 Å². The summed E-state index contributed by atoms with van der Waals surface area (Å²) in [4.78, 5) is 15.4. The van der Waals surface area contributed by atoms with Gasteiger partial charge in [-0.25, -0.2) is 4.39 Å². The quantitative estimate of drug-likeness (QED) is 0.427. The number of carbonyl (C=O) groups is 1. The van der Waals surface area contributed by atoms with Crippen LogP contribution in [0.15, 0.2) is 36.4 Å². The van der Waals surface area contributed by atoms with Crippen LogP contribution in [0.5, 0.6) is 11.5 Å². The second-order valence-electron chi connectivity index (χ2n) is 10.5. The summed E-state index contributed by atoms with van der Waals surface area (Å²) in [6.45, 7) is 0.378. The Kier molecular flexibility index (Phi) is 6.52. The van der Waals surface area contributed by atoms with Gasteiger partial charge >= 0.3 is 6.18 Å². The average molecular weight is 506 g/mol. The highest BCUT2D eigenvalue weighted by Crippen LogP contribution is 2.47. The van der Waals surface area contributed by atoms with Gasteiger partial charge in [0.15, 0.2) is 17.3 Å². The van der Waals surface area contributed by atoms with Crippen LogP contribution < -0.4 is 9.47 Å². The maximum atomic E-state index is 16.4. The number of rotatable bonds is 6. The molecular weight excluding hydrogens is 474 g/mol. The molecule has 0 amide bonds. The Morgan fingerprint density at radius 2 is 1.69 bits per heavy atom. The van der Waals surface area contributed by atoms with Gasteiger partial charge in [-0.2, -0.15) is 13.2 Å². The van der Waals surface area contributed by atoms with E-state index in [9.17, 15) is 18.0 Å². The summed E-state index contributed by atoms with van der Waals surface area (Å²) in [5.74, 6) is 0.548. The highest BCUT2D eigenvalue weighted by molar-refractivity contribution is 6.03. The van der Waals surface area contributed by atoms with Crippen molar-refractivity contribution in [3.63, 3.8) is 0 Å². The molecule has 2 fully saturated rings. The fraction of sp³-hybridized carbons (Fsp3) is 0.536. The fourth-order valence-corrected chi connectivity index (χ4v) is 6.57. The van der Waals surface area contributed by atoms with Crippen LogP contribution in [-0.2, 0) is 19.1 Å². The minimum Gasteiger partial charge on any atom is -0.493 e. The summed E-state index contributed by atoms with van der Waals surface area (Å²) in [6.07, 6.45) is -0.536. The predicted molar refractivity (Wildman–Crippen MR) is 127 cm³/mol. The van der Waals surface area contributed by atoms with Gasteiger partial charge in [0.05, 0.1) is 19.8 Å². The van der Waals surface area contributed by atoms with Crippen LogP contribution in [0.3, 0.4) is 0 Å². The van der Waals surface area contributed by atoms with Gasteiger partial charge in [-0.15, -0.1) is 0 Å². The standard InChI is InChI=1S/C28H31F4NO3/c1-35-24-11-18-10-19(26(34)23(18)12-25(24)36-2)13-27(29)14-21-7-4-8-22(15-27)33(21)16-17-5-3-6-20(9-17)28(30,31)32/h3,5-6,9,11-12,19,21-22H,4,7-8,10,13-16H2,1-2H3.